The molecule has 2 heterocycles. The zero-order valence-electron chi connectivity index (χ0n) is 23.5. The number of nitrogens with zero attached hydrogens (tertiary/aromatic N) is 4. The first kappa shape index (κ1) is 29.9. The van der Waals surface area contributed by atoms with Crippen LogP contribution in [0.4, 0.5) is 16.2 Å². The molecular formula is C28H36N6O6S. The maximum atomic E-state index is 13.4. The number of para-hydroxylation sites is 1. The number of rotatable bonds is 8. The molecule has 3 aromatic rings. The third kappa shape index (κ3) is 7.35. The van der Waals surface area contributed by atoms with Gasteiger partial charge in [0, 0.05) is 49.7 Å². The average molecular weight is 585 g/mol. The van der Waals surface area contributed by atoms with E-state index in [4.69, 9.17) is 4.74 Å². The standard InChI is InChI=1S/C28H36N6O6S/c1-19-14-34(20(2)17-35)27(36)13-21-12-23(31-41(38,39)26-16-32(3)18-29-26)10-11-24(21)40-25(19)15-33(4)28(37)30-22-8-6-5-7-9-22/h5-12,16,18-20,25,31,35H,13-15,17H2,1-4H3,(H,30,37)/t19-,20-,25+/m0/s1. The van der Waals surface area contributed by atoms with Crippen molar-refractivity contribution in [1.82, 2.24) is 19.4 Å². The summed E-state index contributed by atoms with van der Waals surface area (Å²) in [5.74, 6) is -0.0385. The Morgan fingerprint density at radius 2 is 1.95 bits per heavy atom. The van der Waals surface area contributed by atoms with E-state index in [-0.39, 0.29) is 48.1 Å². The average Bonchev–Trinajstić information content (AvgIpc) is 3.40. The van der Waals surface area contributed by atoms with Crippen molar-refractivity contribution < 1.29 is 27.9 Å². The number of anilines is 2. The van der Waals surface area contributed by atoms with Gasteiger partial charge >= 0.3 is 6.03 Å². The highest BCUT2D eigenvalue weighted by molar-refractivity contribution is 7.92. The molecule has 3 amide bonds. The number of carbonyl (C=O) groups excluding carboxylic acids is 2. The van der Waals surface area contributed by atoms with Gasteiger partial charge in [0.15, 0.2) is 5.03 Å². The largest absolute Gasteiger partial charge is 0.488 e. The van der Waals surface area contributed by atoms with Crippen molar-refractivity contribution in [3.8, 4) is 5.75 Å². The van der Waals surface area contributed by atoms with Gasteiger partial charge in [-0.3, -0.25) is 9.52 Å². The molecular weight excluding hydrogens is 548 g/mol. The summed E-state index contributed by atoms with van der Waals surface area (Å²) >= 11 is 0. The van der Waals surface area contributed by atoms with E-state index < -0.39 is 22.2 Å². The second kappa shape index (κ2) is 12.6. The Bertz CT molecular complexity index is 1480. The minimum absolute atomic E-state index is 0.0669. The summed E-state index contributed by atoms with van der Waals surface area (Å²) in [5, 5.41) is 12.6. The SMILES string of the molecule is C[C@H]1CN([C@@H](C)CO)C(=O)Cc2cc(NS(=O)(=O)c3cn(C)cn3)ccc2O[C@@H]1CN(C)C(=O)Nc1ccccc1. The number of urea groups is 1. The van der Waals surface area contributed by atoms with Gasteiger partial charge in [-0.2, -0.15) is 8.42 Å². The number of sulfonamides is 1. The normalized spacial score (nSPS) is 18.3. The summed E-state index contributed by atoms with van der Waals surface area (Å²) in [6, 6.07) is 13.1. The Balaban J connectivity index is 1.62. The topological polar surface area (TPSA) is 146 Å². The quantitative estimate of drug-likeness (QED) is 0.369. The number of amides is 3. The van der Waals surface area contributed by atoms with E-state index in [9.17, 15) is 23.1 Å². The van der Waals surface area contributed by atoms with Crippen LogP contribution in [0.1, 0.15) is 19.4 Å². The van der Waals surface area contributed by atoms with Crippen molar-refractivity contribution in [2.24, 2.45) is 13.0 Å². The van der Waals surface area contributed by atoms with Crippen molar-refractivity contribution in [3.63, 3.8) is 0 Å². The van der Waals surface area contributed by atoms with Gasteiger partial charge in [-0.05, 0) is 37.3 Å². The van der Waals surface area contributed by atoms with E-state index in [1.54, 1.807) is 56.3 Å². The molecule has 0 saturated carbocycles. The van der Waals surface area contributed by atoms with Gasteiger partial charge in [0.2, 0.25) is 5.91 Å². The van der Waals surface area contributed by atoms with E-state index in [2.05, 4.69) is 15.0 Å². The van der Waals surface area contributed by atoms with E-state index in [1.807, 2.05) is 25.1 Å². The Morgan fingerprint density at radius 3 is 2.61 bits per heavy atom. The van der Waals surface area contributed by atoms with Crippen molar-refractivity contribution in [3.05, 3.63) is 66.6 Å². The second-order valence-corrected chi connectivity index (χ2v) is 12.0. The molecule has 0 unspecified atom stereocenters. The zero-order chi connectivity index (χ0) is 29.7. The zero-order valence-corrected chi connectivity index (χ0v) is 24.3. The Kier molecular flexibility index (Phi) is 9.18. The Morgan fingerprint density at radius 1 is 1.22 bits per heavy atom. The molecule has 0 saturated heterocycles. The summed E-state index contributed by atoms with van der Waals surface area (Å²) < 4.78 is 36.2. The number of hydrogen-bond acceptors (Lipinski definition) is 7. The summed E-state index contributed by atoms with van der Waals surface area (Å²) in [6.07, 6.45) is 2.19. The number of hydrogen-bond donors (Lipinski definition) is 3. The molecule has 2 aromatic carbocycles. The number of aliphatic hydroxyl groups is 1. The first-order chi connectivity index (χ1) is 19.5. The number of aryl methyl sites for hydroxylation is 1. The van der Waals surface area contributed by atoms with Crippen molar-refractivity contribution >= 4 is 33.3 Å². The number of aliphatic hydroxyl groups excluding tert-OH is 1. The number of carbonyl (C=O) groups is 2. The van der Waals surface area contributed by atoms with Gasteiger partial charge in [-0.15, -0.1) is 0 Å². The molecule has 1 aliphatic rings. The summed E-state index contributed by atoms with van der Waals surface area (Å²) in [5.41, 5.74) is 1.38. The van der Waals surface area contributed by atoms with Crippen LogP contribution in [0.15, 0.2) is 66.1 Å². The van der Waals surface area contributed by atoms with Crippen LogP contribution in [-0.2, 0) is 28.3 Å². The highest BCUT2D eigenvalue weighted by Crippen LogP contribution is 2.30. The predicted octanol–water partition coefficient (Wildman–Crippen LogP) is 2.53. The lowest BCUT2D eigenvalue weighted by Gasteiger charge is -2.34. The van der Waals surface area contributed by atoms with Crippen LogP contribution in [0.25, 0.3) is 0 Å². The van der Waals surface area contributed by atoms with Crippen LogP contribution in [0.3, 0.4) is 0 Å². The van der Waals surface area contributed by atoms with Crippen LogP contribution < -0.4 is 14.8 Å². The molecule has 0 aliphatic carbocycles. The molecule has 41 heavy (non-hydrogen) atoms. The number of ether oxygens (including phenoxy) is 1. The molecule has 3 N–H and O–H groups in total. The fourth-order valence-electron chi connectivity index (χ4n) is 4.54. The summed E-state index contributed by atoms with van der Waals surface area (Å²) in [7, 11) is -0.625. The van der Waals surface area contributed by atoms with Crippen LogP contribution in [0, 0.1) is 5.92 Å². The van der Waals surface area contributed by atoms with Gasteiger partial charge < -0.3 is 29.5 Å². The number of benzene rings is 2. The van der Waals surface area contributed by atoms with Gasteiger partial charge in [-0.1, -0.05) is 25.1 Å². The lowest BCUT2D eigenvalue weighted by atomic mass is 10.0. The molecule has 3 atom stereocenters. The number of imidazole rings is 1. The highest BCUT2D eigenvalue weighted by atomic mass is 32.2. The lowest BCUT2D eigenvalue weighted by Crippen LogP contribution is -2.48. The molecule has 12 nitrogen and oxygen atoms in total. The van der Waals surface area contributed by atoms with E-state index in [0.717, 1.165) is 0 Å². The number of fused-ring (bicyclic) bond motifs is 1. The van der Waals surface area contributed by atoms with Crippen molar-refractivity contribution in [1.29, 1.82) is 0 Å². The van der Waals surface area contributed by atoms with Crippen LogP contribution in [0.5, 0.6) is 5.75 Å². The van der Waals surface area contributed by atoms with Crippen molar-refractivity contribution in [2.75, 3.05) is 36.8 Å². The smallest absolute Gasteiger partial charge is 0.321 e. The van der Waals surface area contributed by atoms with Crippen LogP contribution in [0.2, 0.25) is 0 Å². The molecule has 220 valence electrons. The minimum atomic E-state index is -3.96. The van der Waals surface area contributed by atoms with E-state index in [0.29, 0.717) is 23.5 Å². The second-order valence-electron chi connectivity index (χ2n) is 10.4. The maximum Gasteiger partial charge on any atom is 0.321 e. The van der Waals surface area contributed by atoms with Gasteiger partial charge in [0.05, 0.1) is 31.9 Å². The third-order valence-corrected chi connectivity index (χ3v) is 8.22. The molecule has 0 fully saturated rings. The molecule has 4 rings (SSSR count). The number of likely N-dealkylation sites (N-methyl/N-ethyl adjacent to an activating group) is 1. The predicted molar refractivity (Wildman–Crippen MR) is 154 cm³/mol. The molecule has 1 aliphatic heterocycles. The first-order valence-electron chi connectivity index (χ1n) is 13.2. The van der Waals surface area contributed by atoms with E-state index >= 15 is 0 Å². The van der Waals surface area contributed by atoms with Crippen LogP contribution in [-0.4, -0.2) is 83.7 Å². The fraction of sp³-hybridized carbons (Fsp3) is 0.393. The third-order valence-electron chi connectivity index (χ3n) is 6.95. The van der Waals surface area contributed by atoms with Crippen LogP contribution >= 0.6 is 0 Å². The molecule has 0 bridgehead atoms. The van der Waals surface area contributed by atoms with Crippen molar-refractivity contribution in [2.45, 2.75) is 37.4 Å². The van der Waals surface area contributed by atoms with Gasteiger partial charge in [-0.25, -0.2) is 9.78 Å². The highest BCUT2D eigenvalue weighted by Gasteiger charge is 2.32. The summed E-state index contributed by atoms with van der Waals surface area (Å²) in [4.78, 5) is 33.4. The monoisotopic (exact) mass is 584 g/mol. The molecule has 1 aromatic heterocycles. The van der Waals surface area contributed by atoms with E-state index in [1.165, 1.54) is 22.0 Å². The lowest BCUT2D eigenvalue weighted by molar-refractivity contribution is -0.134. The molecule has 0 spiro atoms. The minimum Gasteiger partial charge on any atom is -0.488 e. The van der Waals surface area contributed by atoms with Gasteiger partial charge in [0.1, 0.15) is 11.9 Å². The first-order valence-corrected chi connectivity index (χ1v) is 14.7. The Hall–Kier alpha value is -4.10. The molecule has 0 radical (unpaired) electrons. The number of aromatic nitrogens is 2. The maximum absolute atomic E-state index is 13.4. The molecule has 13 heteroatoms. The summed E-state index contributed by atoms with van der Waals surface area (Å²) in [6.45, 7) is 3.98. The Labute approximate surface area is 240 Å². The fourth-order valence-corrected chi connectivity index (χ4v) is 5.57. The number of nitrogens with one attached hydrogen (secondary N) is 2. The van der Waals surface area contributed by atoms with Gasteiger partial charge in [0.25, 0.3) is 10.0 Å².